The summed E-state index contributed by atoms with van der Waals surface area (Å²) in [6.45, 7) is 5.43. The molecule has 2 rings (SSSR count). The maximum atomic E-state index is 12.2. The maximum absolute atomic E-state index is 12.2. The lowest BCUT2D eigenvalue weighted by molar-refractivity contribution is 0.0702. The second-order valence-electron chi connectivity index (χ2n) is 6.63. The van der Waals surface area contributed by atoms with Gasteiger partial charge in [0, 0.05) is 16.0 Å². The molecule has 0 unspecified atom stereocenters. The van der Waals surface area contributed by atoms with Gasteiger partial charge in [-0.15, -0.1) is 11.3 Å². The summed E-state index contributed by atoms with van der Waals surface area (Å²) < 4.78 is 27.0. The first kappa shape index (κ1) is 20.1. The molecular formula is C17H20N2O5S2. The average Bonchev–Trinajstić information content (AvgIpc) is 3.00. The van der Waals surface area contributed by atoms with Gasteiger partial charge in [0.2, 0.25) is 10.0 Å². The Morgan fingerprint density at radius 3 is 2.19 bits per heavy atom. The van der Waals surface area contributed by atoms with Gasteiger partial charge in [0.25, 0.3) is 5.91 Å². The number of nitrogens with one attached hydrogen (secondary N) is 2. The number of sulfonamides is 1. The van der Waals surface area contributed by atoms with E-state index in [1.54, 1.807) is 26.8 Å². The number of carbonyl (C=O) groups excluding carboxylic acids is 1. The van der Waals surface area contributed by atoms with E-state index in [2.05, 4.69) is 10.0 Å². The van der Waals surface area contributed by atoms with E-state index >= 15 is 0 Å². The fraction of sp³-hybridized carbons (Fsp3) is 0.294. The van der Waals surface area contributed by atoms with Crippen LogP contribution in [0.15, 0.2) is 41.3 Å². The zero-order valence-corrected chi connectivity index (χ0v) is 16.2. The van der Waals surface area contributed by atoms with Gasteiger partial charge in [0.05, 0.1) is 11.4 Å². The Labute approximate surface area is 156 Å². The molecule has 2 aromatic rings. The minimum atomic E-state index is -3.66. The molecule has 0 atom stereocenters. The smallest absolute Gasteiger partial charge is 0.345 e. The highest BCUT2D eigenvalue weighted by molar-refractivity contribution is 7.89. The van der Waals surface area contributed by atoms with Crippen molar-refractivity contribution in [3.05, 3.63) is 51.7 Å². The van der Waals surface area contributed by atoms with Gasteiger partial charge in [0.15, 0.2) is 0 Å². The van der Waals surface area contributed by atoms with Crippen molar-refractivity contribution in [3.8, 4) is 0 Å². The van der Waals surface area contributed by atoms with Gasteiger partial charge in [-0.05, 0) is 57.2 Å². The van der Waals surface area contributed by atoms with Gasteiger partial charge < -0.3 is 10.4 Å². The summed E-state index contributed by atoms with van der Waals surface area (Å²) in [5, 5.41) is 11.6. The number of carbonyl (C=O) groups is 2. The highest BCUT2D eigenvalue weighted by Gasteiger charge is 2.22. The number of rotatable bonds is 6. The molecule has 0 saturated carbocycles. The van der Waals surface area contributed by atoms with Gasteiger partial charge in [-0.1, -0.05) is 0 Å². The molecule has 1 aromatic heterocycles. The lowest BCUT2D eigenvalue weighted by Crippen LogP contribution is -2.40. The molecule has 0 aliphatic rings. The molecule has 9 heteroatoms. The Balaban J connectivity index is 2.03. The van der Waals surface area contributed by atoms with E-state index in [0.717, 1.165) is 11.3 Å². The Morgan fingerprint density at radius 1 is 1.08 bits per heavy atom. The van der Waals surface area contributed by atoms with Crippen LogP contribution in [0.4, 0.5) is 0 Å². The number of aromatic carboxylic acids is 1. The third kappa shape index (κ3) is 5.38. The van der Waals surface area contributed by atoms with E-state index in [-0.39, 0.29) is 22.2 Å². The van der Waals surface area contributed by atoms with Crippen molar-refractivity contribution in [1.29, 1.82) is 0 Å². The molecule has 26 heavy (non-hydrogen) atoms. The van der Waals surface area contributed by atoms with Gasteiger partial charge in [-0.2, -0.15) is 0 Å². The lowest BCUT2D eigenvalue weighted by atomic mass is 10.1. The van der Waals surface area contributed by atoms with E-state index in [9.17, 15) is 18.0 Å². The predicted molar refractivity (Wildman–Crippen MR) is 99.0 cm³/mol. The Hall–Kier alpha value is -2.23. The van der Waals surface area contributed by atoms with Crippen LogP contribution >= 0.6 is 11.3 Å². The Bertz CT molecular complexity index is 909. The lowest BCUT2D eigenvalue weighted by Gasteiger charge is -2.20. The number of hydrogen-bond acceptors (Lipinski definition) is 5. The Morgan fingerprint density at radius 2 is 1.69 bits per heavy atom. The molecule has 1 heterocycles. The van der Waals surface area contributed by atoms with E-state index in [0.29, 0.717) is 10.4 Å². The van der Waals surface area contributed by atoms with Gasteiger partial charge in [-0.3, -0.25) is 4.79 Å². The average molecular weight is 396 g/mol. The first-order chi connectivity index (χ1) is 12.0. The molecule has 0 saturated heterocycles. The van der Waals surface area contributed by atoms with Crippen LogP contribution in [0, 0.1) is 0 Å². The van der Waals surface area contributed by atoms with Crippen LogP contribution in [0.25, 0.3) is 0 Å². The number of thiophene rings is 1. The summed E-state index contributed by atoms with van der Waals surface area (Å²) in [6.07, 6.45) is 0. The number of carboxylic acid groups (broad SMARTS) is 1. The van der Waals surface area contributed by atoms with Crippen molar-refractivity contribution >= 4 is 33.2 Å². The van der Waals surface area contributed by atoms with Gasteiger partial charge in [0.1, 0.15) is 4.88 Å². The summed E-state index contributed by atoms with van der Waals surface area (Å²) in [6, 6.07) is 8.74. The molecule has 140 valence electrons. The third-order valence-corrected chi connectivity index (χ3v) is 6.01. The Kier molecular flexibility index (Phi) is 5.84. The molecule has 0 radical (unpaired) electrons. The molecule has 0 fully saturated rings. The monoisotopic (exact) mass is 396 g/mol. The van der Waals surface area contributed by atoms with E-state index < -0.39 is 21.5 Å². The number of amides is 1. The summed E-state index contributed by atoms with van der Waals surface area (Å²) >= 11 is 1.09. The van der Waals surface area contributed by atoms with E-state index in [1.165, 1.54) is 30.3 Å². The van der Waals surface area contributed by atoms with Crippen molar-refractivity contribution in [2.24, 2.45) is 0 Å². The molecule has 7 nitrogen and oxygen atoms in total. The topological polar surface area (TPSA) is 113 Å². The molecule has 0 aliphatic heterocycles. The van der Waals surface area contributed by atoms with E-state index in [1.807, 2.05) is 0 Å². The van der Waals surface area contributed by atoms with Gasteiger partial charge in [-0.25, -0.2) is 17.9 Å². The summed E-state index contributed by atoms with van der Waals surface area (Å²) in [5.74, 6) is -1.38. The van der Waals surface area contributed by atoms with Crippen molar-refractivity contribution in [2.75, 3.05) is 0 Å². The third-order valence-electron chi connectivity index (χ3n) is 3.16. The molecule has 3 N–H and O–H groups in total. The standard InChI is InChI=1S/C17H20N2O5S2/c1-17(2,3)19-26(23,24)13-7-4-11(5-8-13)15(20)18-10-12-6-9-14(25-12)16(21)22/h4-9,19H,10H2,1-3H3,(H,18,20)(H,21,22). The van der Waals surface area contributed by atoms with Crippen LogP contribution in [0.5, 0.6) is 0 Å². The molecule has 1 aromatic carbocycles. The minimum Gasteiger partial charge on any atom is -0.477 e. The molecular weight excluding hydrogens is 376 g/mol. The van der Waals surface area contributed by atoms with Crippen LogP contribution in [-0.2, 0) is 16.6 Å². The van der Waals surface area contributed by atoms with Crippen molar-refractivity contribution in [2.45, 2.75) is 37.8 Å². The summed E-state index contributed by atoms with van der Waals surface area (Å²) in [5.41, 5.74) is -0.292. The first-order valence-electron chi connectivity index (χ1n) is 7.72. The predicted octanol–water partition coefficient (Wildman–Crippen LogP) is 2.45. The quantitative estimate of drug-likeness (QED) is 0.694. The fourth-order valence-electron chi connectivity index (χ4n) is 2.10. The number of carboxylic acids is 1. The molecule has 1 amide bonds. The molecule has 0 spiro atoms. The largest absolute Gasteiger partial charge is 0.477 e. The van der Waals surface area contributed by atoms with Crippen molar-refractivity contribution in [1.82, 2.24) is 10.0 Å². The van der Waals surface area contributed by atoms with Gasteiger partial charge >= 0.3 is 5.97 Å². The zero-order chi connectivity index (χ0) is 19.5. The van der Waals surface area contributed by atoms with Crippen LogP contribution in [0.1, 0.15) is 45.7 Å². The molecule has 0 bridgehead atoms. The fourth-order valence-corrected chi connectivity index (χ4v) is 4.31. The second kappa shape index (κ2) is 7.56. The second-order valence-corrected chi connectivity index (χ2v) is 9.48. The summed E-state index contributed by atoms with van der Waals surface area (Å²) in [7, 11) is -3.66. The minimum absolute atomic E-state index is 0.0772. The highest BCUT2D eigenvalue weighted by Crippen LogP contribution is 2.17. The van der Waals surface area contributed by atoms with Crippen LogP contribution in [0.2, 0.25) is 0 Å². The van der Waals surface area contributed by atoms with E-state index in [4.69, 9.17) is 5.11 Å². The normalized spacial score (nSPS) is 12.0. The highest BCUT2D eigenvalue weighted by atomic mass is 32.2. The van der Waals surface area contributed by atoms with Crippen LogP contribution in [0.3, 0.4) is 0 Å². The van der Waals surface area contributed by atoms with Crippen LogP contribution in [-0.4, -0.2) is 30.9 Å². The summed E-state index contributed by atoms with van der Waals surface area (Å²) in [4.78, 5) is 24.0. The molecule has 0 aliphatic carbocycles. The maximum Gasteiger partial charge on any atom is 0.345 e. The number of benzene rings is 1. The zero-order valence-electron chi connectivity index (χ0n) is 14.6. The number of hydrogen-bond donors (Lipinski definition) is 3. The SMILES string of the molecule is CC(C)(C)NS(=O)(=O)c1ccc(C(=O)NCc2ccc(C(=O)O)s2)cc1. The first-order valence-corrected chi connectivity index (χ1v) is 10.0. The van der Waals surface area contributed by atoms with Crippen molar-refractivity contribution in [3.63, 3.8) is 0 Å². The van der Waals surface area contributed by atoms with Crippen LogP contribution < -0.4 is 10.0 Å². The van der Waals surface area contributed by atoms with Crippen molar-refractivity contribution < 1.29 is 23.1 Å².